The predicted molar refractivity (Wildman–Crippen MR) is 72.8 cm³/mol. The highest BCUT2D eigenvalue weighted by molar-refractivity contribution is 6.34. The Kier molecular flexibility index (Phi) is 5.30. The lowest BCUT2D eigenvalue weighted by Crippen LogP contribution is -2.41. The summed E-state index contributed by atoms with van der Waals surface area (Å²) in [6.07, 6.45) is -4.69. The van der Waals surface area contributed by atoms with Crippen molar-refractivity contribution in [2.45, 2.75) is 6.18 Å². The molecule has 22 heavy (non-hydrogen) atoms. The summed E-state index contributed by atoms with van der Waals surface area (Å²) in [4.78, 5) is 14.1. The molecule has 1 aromatic rings. The first-order valence-electron chi connectivity index (χ1n) is 6.68. The molecule has 124 valence electrons. The van der Waals surface area contributed by atoms with Gasteiger partial charge in [0.15, 0.2) is 5.69 Å². The van der Waals surface area contributed by atoms with Gasteiger partial charge in [0, 0.05) is 33.2 Å². The van der Waals surface area contributed by atoms with Crippen LogP contribution in [0.25, 0.3) is 0 Å². The second kappa shape index (κ2) is 6.84. The number of halogens is 4. The summed E-state index contributed by atoms with van der Waals surface area (Å²) in [7, 11) is 1.25. The largest absolute Gasteiger partial charge is 0.436 e. The van der Waals surface area contributed by atoms with Gasteiger partial charge in [0.2, 0.25) is 0 Å². The number of hydrogen-bond donors (Lipinski definition) is 1. The molecule has 0 bridgehead atoms. The first-order chi connectivity index (χ1) is 10.3. The van der Waals surface area contributed by atoms with E-state index in [2.05, 4.69) is 15.3 Å². The van der Waals surface area contributed by atoms with Gasteiger partial charge in [-0.05, 0) is 0 Å². The second-order valence-electron chi connectivity index (χ2n) is 4.84. The first kappa shape index (κ1) is 17.0. The minimum atomic E-state index is -4.69. The van der Waals surface area contributed by atoms with Gasteiger partial charge in [0.1, 0.15) is 10.7 Å². The number of carbonyl (C=O) groups is 1. The van der Waals surface area contributed by atoms with Crippen LogP contribution in [0.4, 0.5) is 13.2 Å². The smallest absolute Gasteiger partial charge is 0.379 e. The maximum atomic E-state index is 12.7. The van der Waals surface area contributed by atoms with Crippen LogP contribution < -0.4 is 5.32 Å². The van der Waals surface area contributed by atoms with Crippen LogP contribution in [0.1, 0.15) is 16.2 Å². The molecule has 1 aliphatic rings. The standard InChI is InChI=1S/C12H16ClF3N4O2/c1-19-9(8(13)10(18-19)12(14,15)16)11(21)17-2-3-20-4-6-22-7-5-20/h2-7H2,1H3,(H,17,21). The van der Waals surface area contributed by atoms with E-state index in [0.717, 1.165) is 17.8 Å². The summed E-state index contributed by atoms with van der Waals surface area (Å²) in [5, 5.41) is 5.15. The van der Waals surface area contributed by atoms with Gasteiger partial charge in [0.05, 0.1) is 13.2 Å². The quantitative estimate of drug-likeness (QED) is 0.893. The van der Waals surface area contributed by atoms with Crippen molar-refractivity contribution in [2.75, 3.05) is 39.4 Å². The van der Waals surface area contributed by atoms with Gasteiger partial charge < -0.3 is 10.1 Å². The Hall–Kier alpha value is -1.32. The van der Waals surface area contributed by atoms with Crippen molar-refractivity contribution < 1.29 is 22.7 Å². The van der Waals surface area contributed by atoms with Crippen LogP contribution in [0.15, 0.2) is 0 Å². The van der Waals surface area contributed by atoms with Gasteiger partial charge in [-0.1, -0.05) is 11.6 Å². The number of nitrogens with zero attached hydrogens (tertiary/aromatic N) is 3. The molecule has 10 heteroatoms. The Balaban J connectivity index is 1.96. The lowest BCUT2D eigenvalue weighted by molar-refractivity contribution is -0.141. The molecule has 0 spiro atoms. The Labute approximate surface area is 130 Å². The molecule has 1 aliphatic heterocycles. The summed E-state index contributed by atoms with van der Waals surface area (Å²) in [5.41, 5.74) is -1.55. The van der Waals surface area contributed by atoms with E-state index in [1.54, 1.807) is 0 Å². The van der Waals surface area contributed by atoms with Crippen LogP contribution in [-0.2, 0) is 18.0 Å². The molecule has 2 rings (SSSR count). The number of amides is 1. The Bertz CT molecular complexity index is 541. The molecule has 0 unspecified atom stereocenters. The zero-order valence-electron chi connectivity index (χ0n) is 11.9. The Morgan fingerprint density at radius 3 is 2.59 bits per heavy atom. The summed E-state index contributed by atoms with van der Waals surface area (Å²) >= 11 is 5.65. The van der Waals surface area contributed by atoms with E-state index in [0.29, 0.717) is 26.3 Å². The molecule has 1 fully saturated rings. The van der Waals surface area contributed by atoms with Crippen molar-refractivity contribution in [3.63, 3.8) is 0 Å². The lowest BCUT2D eigenvalue weighted by atomic mass is 10.3. The molecule has 6 nitrogen and oxygen atoms in total. The molecular formula is C12H16ClF3N4O2. The minimum absolute atomic E-state index is 0.295. The van der Waals surface area contributed by atoms with Crippen LogP contribution in [0.5, 0.6) is 0 Å². The van der Waals surface area contributed by atoms with Gasteiger partial charge in [-0.3, -0.25) is 14.4 Å². The van der Waals surface area contributed by atoms with E-state index in [-0.39, 0.29) is 5.69 Å². The number of hydrogen-bond acceptors (Lipinski definition) is 4. The number of aryl methyl sites for hydroxylation is 1. The van der Waals surface area contributed by atoms with E-state index < -0.39 is 22.8 Å². The lowest BCUT2D eigenvalue weighted by Gasteiger charge is -2.26. The zero-order valence-corrected chi connectivity index (χ0v) is 12.7. The number of rotatable bonds is 4. The average Bonchev–Trinajstić information content (AvgIpc) is 2.75. The number of carbonyl (C=O) groups excluding carboxylic acids is 1. The topological polar surface area (TPSA) is 59.4 Å². The van der Waals surface area contributed by atoms with Crippen molar-refractivity contribution in [3.05, 3.63) is 16.4 Å². The van der Waals surface area contributed by atoms with Crippen LogP contribution in [0.3, 0.4) is 0 Å². The van der Waals surface area contributed by atoms with Crippen molar-refractivity contribution >= 4 is 17.5 Å². The van der Waals surface area contributed by atoms with Gasteiger partial charge in [-0.2, -0.15) is 18.3 Å². The number of alkyl halides is 3. The highest BCUT2D eigenvalue weighted by Crippen LogP contribution is 2.35. The fraction of sp³-hybridized carbons (Fsp3) is 0.667. The molecule has 0 aliphatic carbocycles. The van der Waals surface area contributed by atoms with Crippen molar-refractivity contribution in [1.82, 2.24) is 20.0 Å². The molecule has 0 aromatic carbocycles. The fourth-order valence-electron chi connectivity index (χ4n) is 2.16. The summed E-state index contributed by atoms with van der Waals surface area (Å²) in [5.74, 6) is -0.677. The maximum absolute atomic E-state index is 12.7. The predicted octanol–water partition coefficient (Wildman–Crippen LogP) is 1.15. The SMILES string of the molecule is Cn1nc(C(F)(F)F)c(Cl)c1C(=O)NCCN1CCOCC1. The van der Waals surface area contributed by atoms with E-state index in [1.165, 1.54) is 7.05 Å². The number of ether oxygens (including phenoxy) is 1. The summed E-state index contributed by atoms with van der Waals surface area (Å²) < 4.78 is 44.1. The van der Waals surface area contributed by atoms with Gasteiger partial charge in [0.25, 0.3) is 5.91 Å². The fourth-order valence-corrected chi connectivity index (χ4v) is 2.51. The van der Waals surface area contributed by atoms with Crippen LogP contribution in [-0.4, -0.2) is 60.0 Å². The first-order valence-corrected chi connectivity index (χ1v) is 7.06. The normalized spacial score (nSPS) is 16.8. The number of aromatic nitrogens is 2. The molecule has 0 radical (unpaired) electrons. The number of nitrogens with one attached hydrogen (secondary N) is 1. The highest BCUT2D eigenvalue weighted by Gasteiger charge is 2.39. The maximum Gasteiger partial charge on any atom is 0.436 e. The molecule has 1 saturated heterocycles. The third-order valence-electron chi connectivity index (χ3n) is 3.29. The Morgan fingerprint density at radius 1 is 1.41 bits per heavy atom. The molecule has 1 amide bonds. The second-order valence-corrected chi connectivity index (χ2v) is 5.22. The van der Waals surface area contributed by atoms with Crippen molar-refractivity contribution in [2.24, 2.45) is 7.05 Å². The average molecular weight is 341 g/mol. The summed E-state index contributed by atoms with van der Waals surface area (Å²) in [6.45, 7) is 3.70. The zero-order chi connectivity index (χ0) is 16.3. The van der Waals surface area contributed by atoms with Crippen molar-refractivity contribution in [3.8, 4) is 0 Å². The number of morpholine rings is 1. The molecule has 0 atom stereocenters. The Morgan fingerprint density at radius 2 is 2.05 bits per heavy atom. The monoisotopic (exact) mass is 340 g/mol. The van der Waals surface area contributed by atoms with Crippen LogP contribution in [0, 0.1) is 0 Å². The minimum Gasteiger partial charge on any atom is -0.379 e. The van der Waals surface area contributed by atoms with Gasteiger partial charge in [-0.15, -0.1) is 0 Å². The van der Waals surface area contributed by atoms with Gasteiger partial charge >= 0.3 is 6.18 Å². The van der Waals surface area contributed by atoms with Crippen LogP contribution in [0.2, 0.25) is 5.02 Å². The molecule has 0 saturated carbocycles. The molecule has 2 heterocycles. The molecular weight excluding hydrogens is 325 g/mol. The highest BCUT2D eigenvalue weighted by atomic mass is 35.5. The van der Waals surface area contributed by atoms with Crippen molar-refractivity contribution in [1.29, 1.82) is 0 Å². The van der Waals surface area contributed by atoms with Gasteiger partial charge in [-0.25, -0.2) is 0 Å². The third-order valence-corrected chi connectivity index (χ3v) is 3.65. The van der Waals surface area contributed by atoms with E-state index in [9.17, 15) is 18.0 Å². The summed E-state index contributed by atoms with van der Waals surface area (Å²) in [6, 6.07) is 0. The molecule has 1 aromatic heterocycles. The van der Waals surface area contributed by atoms with Crippen LogP contribution >= 0.6 is 11.6 Å². The third kappa shape index (κ3) is 3.90. The van der Waals surface area contributed by atoms with E-state index >= 15 is 0 Å². The van der Waals surface area contributed by atoms with E-state index in [4.69, 9.17) is 16.3 Å². The van der Waals surface area contributed by atoms with E-state index in [1.807, 2.05) is 0 Å². The molecule has 1 N–H and O–H groups in total.